The number of carbonyl (C=O) groups excluding carboxylic acids is 1. The summed E-state index contributed by atoms with van der Waals surface area (Å²) in [7, 11) is -0.839. The zero-order chi connectivity index (χ0) is 20.9. The number of methoxy groups -OCH3 is 1. The molecule has 1 aliphatic heterocycles. The minimum absolute atomic E-state index is 0.117. The third-order valence-electron chi connectivity index (χ3n) is 5.03. The normalized spacial score (nSPS) is 14.2. The van der Waals surface area contributed by atoms with Gasteiger partial charge in [0.1, 0.15) is 5.75 Å². The lowest BCUT2D eigenvalue weighted by Gasteiger charge is -2.18. The topological polar surface area (TPSA) is 79.0 Å². The molecule has 1 saturated heterocycles. The smallest absolute Gasteiger partial charge is 0.243 e. The van der Waals surface area contributed by atoms with E-state index in [-0.39, 0.29) is 17.3 Å². The van der Waals surface area contributed by atoms with Crippen LogP contribution in [0.25, 0.3) is 0 Å². The Morgan fingerprint density at radius 2 is 1.69 bits per heavy atom. The van der Waals surface area contributed by atoms with Gasteiger partial charge in [0.25, 0.3) is 0 Å². The fourth-order valence-electron chi connectivity index (χ4n) is 3.27. The van der Waals surface area contributed by atoms with Crippen LogP contribution in [0.4, 0.5) is 5.69 Å². The Bertz CT molecular complexity index is 921. The minimum atomic E-state index is -3.75. The van der Waals surface area contributed by atoms with E-state index in [1.54, 1.807) is 12.1 Å². The van der Waals surface area contributed by atoms with Crippen molar-refractivity contribution in [2.75, 3.05) is 38.7 Å². The van der Waals surface area contributed by atoms with Crippen molar-refractivity contribution in [1.29, 1.82) is 0 Å². The number of anilines is 1. The molecule has 2 aromatic rings. The quantitative estimate of drug-likeness (QED) is 0.713. The molecule has 0 unspecified atom stereocenters. The van der Waals surface area contributed by atoms with Gasteiger partial charge in [-0.05, 0) is 54.8 Å². The molecule has 0 aliphatic carbocycles. The number of likely N-dealkylation sites (N-methyl/N-ethyl adjacent to an activating group) is 1. The fraction of sp³-hybridized carbons (Fsp3) is 0.381. The van der Waals surface area contributed by atoms with Crippen LogP contribution in [0, 0.1) is 0 Å². The Kier molecular flexibility index (Phi) is 6.76. The van der Waals surface area contributed by atoms with Gasteiger partial charge >= 0.3 is 0 Å². The van der Waals surface area contributed by atoms with E-state index in [1.807, 2.05) is 12.1 Å². The zero-order valence-corrected chi connectivity index (χ0v) is 17.6. The number of benzene rings is 2. The number of rotatable bonds is 8. The second-order valence-corrected chi connectivity index (χ2v) is 9.12. The summed E-state index contributed by atoms with van der Waals surface area (Å²) in [6.45, 7) is 2.28. The highest BCUT2D eigenvalue weighted by Crippen LogP contribution is 2.21. The van der Waals surface area contributed by atoms with Crippen molar-refractivity contribution < 1.29 is 17.9 Å². The number of nitrogens with zero attached hydrogens (tertiary/aromatic N) is 2. The first-order chi connectivity index (χ1) is 13.9. The minimum Gasteiger partial charge on any atom is -0.497 e. The molecule has 1 N–H and O–H groups in total. The third kappa shape index (κ3) is 5.27. The molecule has 0 saturated carbocycles. The van der Waals surface area contributed by atoms with E-state index < -0.39 is 10.0 Å². The summed E-state index contributed by atoms with van der Waals surface area (Å²) >= 11 is 0. The van der Waals surface area contributed by atoms with E-state index >= 15 is 0 Å². The molecule has 0 spiro atoms. The van der Waals surface area contributed by atoms with Gasteiger partial charge in [0, 0.05) is 32.4 Å². The van der Waals surface area contributed by atoms with Crippen LogP contribution in [0.15, 0.2) is 53.4 Å². The largest absolute Gasteiger partial charge is 0.497 e. The molecule has 0 bridgehead atoms. The van der Waals surface area contributed by atoms with E-state index in [4.69, 9.17) is 4.74 Å². The molecule has 7 nitrogen and oxygen atoms in total. The van der Waals surface area contributed by atoms with Crippen molar-refractivity contribution in [1.82, 2.24) is 9.62 Å². The van der Waals surface area contributed by atoms with Crippen molar-refractivity contribution in [3.63, 3.8) is 0 Å². The molecule has 0 aromatic heterocycles. The molecule has 0 atom stereocenters. The van der Waals surface area contributed by atoms with Gasteiger partial charge in [0.15, 0.2) is 0 Å². The first-order valence-electron chi connectivity index (χ1n) is 9.61. The van der Waals surface area contributed by atoms with E-state index in [0.29, 0.717) is 12.3 Å². The molecule has 1 fully saturated rings. The Labute approximate surface area is 172 Å². The lowest BCUT2D eigenvalue weighted by atomic mass is 10.2. The Balaban J connectivity index is 1.52. The number of amides is 1. The summed E-state index contributed by atoms with van der Waals surface area (Å²) in [5.41, 5.74) is 2.17. The summed E-state index contributed by atoms with van der Waals surface area (Å²) in [5.74, 6) is 0.216. The molecule has 3 rings (SSSR count). The number of hydrogen-bond donors (Lipinski definition) is 1. The monoisotopic (exact) mass is 417 g/mol. The van der Waals surface area contributed by atoms with Gasteiger partial charge in [-0.2, -0.15) is 4.31 Å². The van der Waals surface area contributed by atoms with Crippen LogP contribution in [-0.2, 0) is 21.4 Å². The lowest BCUT2D eigenvalue weighted by molar-refractivity contribution is -0.121. The van der Waals surface area contributed by atoms with Crippen LogP contribution in [0.1, 0.15) is 18.4 Å². The Hall–Kier alpha value is -2.58. The summed E-state index contributed by atoms with van der Waals surface area (Å²) in [6.07, 6.45) is 2.45. The number of hydrogen-bond acceptors (Lipinski definition) is 5. The predicted octanol–water partition coefficient (Wildman–Crippen LogP) is 2.23. The molecule has 0 radical (unpaired) electrons. The molecule has 1 aliphatic rings. The second-order valence-electron chi connectivity index (χ2n) is 7.07. The summed E-state index contributed by atoms with van der Waals surface area (Å²) < 4.78 is 31.3. The summed E-state index contributed by atoms with van der Waals surface area (Å²) in [4.78, 5) is 14.7. The summed E-state index contributed by atoms with van der Waals surface area (Å²) in [6, 6.07) is 14.2. The lowest BCUT2D eigenvalue weighted by Crippen LogP contribution is -2.38. The van der Waals surface area contributed by atoms with E-state index in [0.717, 1.165) is 23.0 Å². The number of nitrogens with one attached hydrogen (secondary N) is 1. The number of ether oxygens (including phenoxy) is 1. The molecule has 29 heavy (non-hydrogen) atoms. The standard InChI is InChI=1S/C21H27N3O4S/c1-23(29(26,27)20-11-9-19(28-2)10-12-20)16-21(25)22-15-17-5-7-18(8-6-17)24-13-3-4-14-24/h5-12H,3-4,13-16H2,1-2H3,(H,22,25). The van der Waals surface area contributed by atoms with Crippen LogP contribution in [-0.4, -0.2) is 52.4 Å². The molecule has 2 aromatic carbocycles. The second kappa shape index (κ2) is 9.28. The molecule has 1 heterocycles. The van der Waals surface area contributed by atoms with Gasteiger partial charge in [0.2, 0.25) is 15.9 Å². The van der Waals surface area contributed by atoms with Crippen LogP contribution in [0.2, 0.25) is 0 Å². The van der Waals surface area contributed by atoms with E-state index in [9.17, 15) is 13.2 Å². The van der Waals surface area contributed by atoms with Crippen LogP contribution in [0.3, 0.4) is 0 Å². The van der Waals surface area contributed by atoms with E-state index in [1.165, 1.54) is 44.8 Å². The van der Waals surface area contributed by atoms with Crippen LogP contribution in [0.5, 0.6) is 5.75 Å². The SMILES string of the molecule is COc1ccc(S(=O)(=O)N(C)CC(=O)NCc2ccc(N3CCCC3)cc2)cc1. The molecular weight excluding hydrogens is 390 g/mol. The van der Waals surface area contributed by atoms with Crippen molar-refractivity contribution in [2.24, 2.45) is 0 Å². The summed E-state index contributed by atoms with van der Waals surface area (Å²) in [5, 5.41) is 2.78. The van der Waals surface area contributed by atoms with Gasteiger partial charge in [-0.3, -0.25) is 4.79 Å². The number of sulfonamides is 1. The van der Waals surface area contributed by atoms with Crippen LogP contribution < -0.4 is 15.0 Å². The first kappa shape index (κ1) is 21.1. The maximum absolute atomic E-state index is 12.6. The molecule has 156 valence electrons. The van der Waals surface area contributed by atoms with Crippen molar-refractivity contribution in [3.05, 3.63) is 54.1 Å². The van der Waals surface area contributed by atoms with Crippen molar-refractivity contribution >= 4 is 21.6 Å². The zero-order valence-electron chi connectivity index (χ0n) is 16.8. The highest BCUT2D eigenvalue weighted by atomic mass is 32.2. The van der Waals surface area contributed by atoms with Crippen molar-refractivity contribution in [3.8, 4) is 5.75 Å². The third-order valence-corrected chi connectivity index (χ3v) is 6.85. The fourth-order valence-corrected chi connectivity index (χ4v) is 4.40. The van der Waals surface area contributed by atoms with Gasteiger partial charge < -0.3 is 15.0 Å². The highest BCUT2D eigenvalue weighted by Gasteiger charge is 2.23. The van der Waals surface area contributed by atoms with E-state index in [2.05, 4.69) is 22.3 Å². The molecular formula is C21H27N3O4S. The van der Waals surface area contributed by atoms with Gasteiger partial charge in [-0.1, -0.05) is 12.1 Å². The first-order valence-corrected chi connectivity index (χ1v) is 11.0. The Morgan fingerprint density at radius 1 is 1.07 bits per heavy atom. The predicted molar refractivity (Wildman–Crippen MR) is 113 cm³/mol. The molecule has 8 heteroatoms. The maximum Gasteiger partial charge on any atom is 0.243 e. The maximum atomic E-state index is 12.6. The average Bonchev–Trinajstić information content (AvgIpc) is 3.27. The number of carbonyl (C=O) groups is 1. The Morgan fingerprint density at radius 3 is 2.28 bits per heavy atom. The van der Waals surface area contributed by atoms with Crippen molar-refractivity contribution in [2.45, 2.75) is 24.3 Å². The molecule has 1 amide bonds. The van der Waals surface area contributed by atoms with Gasteiger partial charge in [-0.25, -0.2) is 8.42 Å². The highest BCUT2D eigenvalue weighted by molar-refractivity contribution is 7.89. The van der Waals surface area contributed by atoms with Gasteiger partial charge in [0.05, 0.1) is 18.6 Å². The average molecular weight is 418 g/mol. The van der Waals surface area contributed by atoms with Gasteiger partial charge in [-0.15, -0.1) is 0 Å². The van der Waals surface area contributed by atoms with Crippen LogP contribution >= 0.6 is 0 Å².